The summed E-state index contributed by atoms with van der Waals surface area (Å²) in [5.41, 5.74) is 9.94. The highest BCUT2D eigenvalue weighted by molar-refractivity contribution is 5.85. The fraction of sp³-hybridized carbons (Fsp3) is 0.381. The molecule has 4 heterocycles. The molecule has 3 N–H and O–H groups in total. The minimum atomic E-state index is -0.482. The Hall–Kier alpha value is -3.40. The summed E-state index contributed by atoms with van der Waals surface area (Å²) in [4.78, 5) is 24.4. The third-order valence-corrected chi connectivity index (χ3v) is 6.53. The molecule has 158 valence electrons. The molecule has 3 aromatic rings. The third kappa shape index (κ3) is 2.89. The minimum Gasteiger partial charge on any atom is -0.422 e. The van der Waals surface area contributed by atoms with Gasteiger partial charge in [-0.2, -0.15) is 9.97 Å². The molecule has 2 fully saturated rings. The van der Waals surface area contributed by atoms with Crippen molar-refractivity contribution < 1.29 is 9.13 Å². The van der Waals surface area contributed by atoms with E-state index >= 15 is 0 Å². The number of nitrogens with zero attached hydrogens (tertiary/aromatic N) is 6. The van der Waals surface area contributed by atoms with Crippen LogP contribution in [0.15, 0.2) is 24.8 Å². The van der Waals surface area contributed by atoms with E-state index in [0.717, 1.165) is 66.3 Å². The Bertz CT molecular complexity index is 1200. The number of ether oxygens (including phenoxy) is 1. The summed E-state index contributed by atoms with van der Waals surface area (Å²) in [5.74, 6) is 1.32. The Morgan fingerprint density at radius 3 is 2.90 bits per heavy atom. The van der Waals surface area contributed by atoms with Crippen molar-refractivity contribution in [2.75, 3.05) is 30.4 Å². The lowest BCUT2D eigenvalue weighted by molar-refractivity contribution is 0.433. The van der Waals surface area contributed by atoms with Gasteiger partial charge in [-0.25, -0.2) is 14.4 Å². The summed E-state index contributed by atoms with van der Waals surface area (Å²) >= 11 is 0. The largest absolute Gasteiger partial charge is 0.422 e. The first-order valence-electron chi connectivity index (χ1n) is 10.3. The second-order valence-electron chi connectivity index (χ2n) is 8.41. The van der Waals surface area contributed by atoms with Crippen LogP contribution in [0.5, 0.6) is 11.8 Å². The Morgan fingerprint density at radius 2 is 2.16 bits per heavy atom. The van der Waals surface area contributed by atoms with E-state index < -0.39 is 5.82 Å². The highest BCUT2D eigenvalue weighted by atomic mass is 19.1. The number of pyridine rings is 1. The highest BCUT2D eigenvalue weighted by Crippen LogP contribution is 2.53. The summed E-state index contributed by atoms with van der Waals surface area (Å²) < 4.78 is 19.4. The van der Waals surface area contributed by atoms with E-state index in [2.05, 4.69) is 30.2 Å². The Labute approximate surface area is 177 Å². The monoisotopic (exact) mass is 420 g/mol. The SMILES string of the molecule is CNc1ncnc2c1Cc1nc(Oc3cncc(F)c3)nc(N3CCC4(CC4N)C3)c1-2. The van der Waals surface area contributed by atoms with Gasteiger partial charge in [0, 0.05) is 49.6 Å². The molecule has 1 saturated heterocycles. The average molecular weight is 420 g/mol. The molecule has 3 aromatic heterocycles. The highest BCUT2D eigenvalue weighted by Gasteiger charge is 2.56. The van der Waals surface area contributed by atoms with Crippen LogP contribution < -0.4 is 20.7 Å². The van der Waals surface area contributed by atoms with Crippen molar-refractivity contribution >= 4 is 11.6 Å². The zero-order valence-corrected chi connectivity index (χ0v) is 17.0. The van der Waals surface area contributed by atoms with Crippen LogP contribution in [0.4, 0.5) is 16.0 Å². The van der Waals surface area contributed by atoms with Crippen LogP contribution in [0.25, 0.3) is 11.3 Å². The lowest BCUT2D eigenvalue weighted by atomic mass is 10.1. The second kappa shape index (κ2) is 6.55. The topological polar surface area (TPSA) is 115 Å². The molecule has 3 aliphatic rings. The van der Waals surface area contributed by atoms with E-state index in [-0.39, 0.29) is 23.2 Å². The van der Waals surface area contributed by atoms with Crippen molar-refractivity contribution in [2.24, 2.45) is 11.1 Å². The molecule has 6 rings (SSSR count). The maximum absolute atomic E-state index is 13.6. The van der Waals surface area contributed by atoms with E-state index in [1.807, 2.05) is 7.05 Å². The molecule has 0 bridgehead atoms. The van der Waals surface area contributed by atoms with Crippen molar-refractivity contribution in [3.63, 3.8) is 0 Å². The number of aromatic nitrogens is 5. The van der Waals surface area contributed by atoms with E-state index in [0.29, 0.717) is 6.42 Å². The van der Waals surface area contributed by atoms with E-state index in [9.17, 15) is 4.39 Å². The predicted molar refractivity (Wildman–Crippen MR) is 112 cm³/mol. The fourth-order valence-corrected chi connectivity index (χ4v) is 4.77. The molecule has 1 spiro atoms. The van der Waals surface area contributed by atoms with Gasteiger partial charge < -0.3 is 20.7 Å². The summed E-state index contributed by atoms with van der Waals surface area (Å²) in [6.45, 7) is 1.70. The van der Waals surface area contributed by atoms with Crippen molar-refractivity contribution in [3.8, 4) is 23.0 Å². The molecule has 1 aliphatic heterocycles. The Kier molecular flexibility index (Phi) is 3.88. The maximum Gasteiger partial charge on any atom is 0.324 e. The van der Waals surface area contributed by atoms with Crippen LogP contribution in [0.2, 0.25) is 0 Å². The second-order valence-corrected chi connectivity index (χ2v) is 8.41. The van der Waals surface area contributed by atoms with E-state index in [1.54, 1.807) is 6.33 Å². The van der Waals surface area contributed by atoms with Crippen LogP contribution in [0, 0.1) is 11.2 Å². The summed E-state index contributed by atoms with van der Waals surface area (Å²) in [6, 6.07) is 1.66. The molecule has 0 radical (unpaired) electrons. The first-order valence-corrected chi connectivity index (χ1v) is 10.3. The molecule has 2 aliphatic carbocycles. The molecule has 1 saturated carbocycles. The van der Waals surface area contributed by atoms with Gasteiger partial charge in [0.25, 0.3) is 0 Å². The van der Waals surface area contributed by atoms with Gasteiger partial charge in [-0.05, 0) is 12.8 Å². The van der Waals surface area contributed by atoms with Gasteiger partial charge in [0.2, 0.25) is 0 Å². The normalized spacial score (nSPS) is 23.1. The number of nitrogens with one attached hydrogen (secondary N) is 1. The standard InChI is InChI=1S/C21H21FN8O/c1-24-18-13-5-14-16(17(13)26-10-27-18)19(30-3-2-21(9-30)6-15(21)23)29-20(28-14)31-12-4-11(22)7-25-8-12/h4,7-8,10,15H,2-3,5-6,9,23H2,1H3,(H,24,26,27). The first-order chi connectivity index (χ1) is 15.1. The maximum atomic E-state index is 13.6. The van der Waals surface area contributed by atoms with Crippen LogP contribution >= 0.6 is 0 Å². The number of rotatable bonds is 4. The smallest absolute Gasteiger partial charge is 0.324 e. The fourth-order valence-electron chi connectivity index (χ4n) is 4.77. The van der Waals surface area contributed by atoms with Crippen LogP contribution in [0.1, 0.15) is 24.1 Å². The number of hydrogen-bond acceptors (Lipinski definition) is 9. The molecule has 2 unspecified atom stereocenters. The zero-order chi connectivity index (χ0) is 21.2. The van der Waals surface area contributed by atoms with Crippen LogP contribution in [0.3, 0.4) is 0 Å². The number of hydrogen-bond donors (Lipinski definition) is 2. The lowest BCUT2D eigenvalue weighted by Crippen LogP contribution is -2.24. The third-order valence-electron chi connectivity index (χ3n) is 6.53. The van der Waals surface area contributed by atoms with Gasteiger partial charge in [-0.15, -0.1) is 0 Å². The van der Waals surface area contributed by atoms with Gasteiger partial charge in [0.1, 0.15) is 23.8 Å². The zero-order valence-electron chi connectivity index (χ0n) is 17.0. The Balaban J connectivity index is 1.45. The van der Waals surface area contributed by atoms with Crippen molar-refractivity contribution in [2.45, 2.75) is 25.3 Å². The number of nitrogens with two attached hydrogens (primary N) is 1. The van der Waals surface area contributed by atoms with Crippen molar-refractivity contribution in [1.82, 2.24) is 24.9 Å². The van der Waals surface area contributed by atoms with Gasteiger partial charge in [0.05, 0.1) is 29.3 Å². The predicted octanol–water partition coefficient (Wildman–Crippen LogP) is 2.13. The number of halogens is 1. The molecule has 10 heteroatoms. The lowest BCUT2D eigenvalue weighted by Gasteiger charge is -2.21. The van der Waals surface area contributed by atoms with Gasteiger partial charge in [-0.3, -0.25) is 4.98 Å². The van der Waals surface area contributed by atoms with Gasteiger partial charge in [-0.1, -0.05) is 0 Å². The van der Waals surface area contributed by atoms with E-state index in [4.69, 9.17) is 15.5 Å². The first kappa shape index (κ1) is 18.4. The van der Waals surface area contributed by atoms with E-state index in [1.165, 1.54) is 12.3 Å². The molecule has 31 heavy (non-hydrogen) atoms. The van der Waals surface area contributed by atoms with Gasteiger partial charge in [0.15, 0.2) is 5.75 Å². The molecule has 9 nitrogen and oxygen atoms in total. The van der Waals surface area contributed by atoms with Crippen molar-refractivity contribution in [3.05, 3.63) is 41.9 Å². The number of fused-ring (bicyclic) bond motifs is 3. The molecular formula is C21H21FN8O. The Morgan fingerprint density at radius 1 is 1.29 bits per heavy atom. The van der Waals surface area contributed by atoms with Crippen molar-refractivity contribution in [1.29, 1.82) is 0 Å². The summed E-state index contributed by atoms with van der Waals surface area (Å²) in [7, 11) is 1.84. The molecule has 2 atom stereocenters. The quantitative estimate of drug-likeness (QED) is 0.512. The average Bonchev–Trinajstić information content (AvgIpc) is 3.08. The molecule has 0 amide bonds. The molecular weight excluding hydrogens is 399 g/mol. The molecule has 0 aromatic carbocycles. The minimum absolute atomic E-state index is 0.161. The van der Waals surface area contributed by atoms with Crippen LogP contribution in [-0.4, -0.2) is 51.1 Å². The summed E-state index contributed by atoms with van der Waals surface area (Å²) in [6.07, 6.45) is 6.75. The number of anilines is 2. The van der Waals surface area contributed by atoms with Gasteiger partial charge >= 0.3 is 6.01 Å². The van der Waals surface area contributed by atoms with Crippen LogP contribution in [-0.2, 0) is 6.42 Å². The summed E-state index contributed by atoms with van der Waals surface area (Å²) in [5, 5.41) is 3.13.